The fourth-order valence-electron chi connectivity index (χ4n) is 4.71. The Balaban J connectivity index is 1.78. The summed E-state index contributed by atoms with van der Waals surface area (Å²) in [6.07, 6.45) is 2.67. The van der Waals surface area contributed by atoms with Crippen molar-refractivity contribution in [2.24, 2.45) is 5.92 Å². The SMILES string of the molecule is CN(C)CC1C(=O)OC2(Cc3ccccc3)CCc3ccccc3C12. The highest BCUT2D eigenvalue weighted by atomic mass is 16.6. The molecule has 1 saturated heterocycles. The largest absolute Gasteiger partial charge is 0.458 e. The van der Waals surface area contributed by atoms with Crippen molar-refractivity contribution in [3.63, 3.8) is 0 Å². The summed E-state index contributed by atoms with van der Waals surface area (Å²) in [6.45, 7) is 0.731. The van der Waals surface area contributed by atoms with Gasteiger partial charge in [-0.15, -0.1) is 0 Å². The van der Waals surface area contributed by atoms with Gasteiger partial charge in [0.2, 0.25) is 0 Å². The average Bonchev–Trinajstić information content (AvgIpc) is 2.87. The van der Waals surface area contributed by atoms with E-state index in [-0.39, 0.29) is 17.8 Å². The zero-order chi connectivity index (χ0) is 17.4. The number of carbonyl (C=O) groups is 1. The van der Waals surface area contributed by atoms with Crippen LogP contribution in [-0.2, 0) is 22.4 Å². The molecular weight excluding hydrogens is 310 g/mol. The molecule has 0 amide bonds. The maximum absolute atomic E-state index is 12.8. The molecule has 0 bridgehead atoms. The van der Waals surface area contributed by atoms with E-state index >= 15 is 0 Å². The summed E-state index contributed by atoms with van der Waals surface area (Å²) >= 11 is 0. The van der Waals surface area contributed by atoms with Gasteiger partial charge in [0.25, 0.3) is 0 Å². The molecule has 130 valence electrons. The van der Waals surface area contributed by atoms with Crippen molar-refractivity contribution in [1.29, 1.82) is 0 Å². The molecule has 1 aliphatic carbocycles. The fourth-order valence-corrected chi connectivity index (χ4v) is 4.71. The summed E-state index contributed by atoms with van der Waals surface area (Å²) in [5, 5.41) is 0. The molecule has 0 radical (unpaired) electrons. The fraction of sp³-hybridized carbons (Fsp3) is 0.409. The molecule has 3 unspecified atom stereocenters. The number of hydrogen-bond acceptors (Lipinski definition) is 3. The van der Waals surface area contributed by atoms with Crippen LogP contribution in [0, 0.1) is 5.92 Å². The molecule has 1 aliphatic heterocycles. The van der Waals surface area contributed by atoms with E-state index in [1.807, 2.05) is 20.2 Å². The van der Waals surface area contributed by atoms with Gasteiger partial charge in [-0.3, -0.25) is 4.79 Å². The molecule has 0 spiro atoms. The molecule has 0 aromatic heterocycles. The molecule has 2 aliphatic rings. The number of esters is 1. The number of fused-ring (bicyclic) bond motifs is 3. The van der Waals surface area contributed by atoms with Crippen molar-refractivity contribution in [2.75, 3.05) is 20.6 Å². The first kappa shape index (κ1) is 16.3. The monoisotopic (exact) mass is 335 g/mol. The molecule has 1 heterocycles. The molecule has 1 fully saturated rings. The van der Waals surface area contributed by atoms with Gasteiger partial charge in [0.15, 0.2) is 0 Å². The van der Waals surface area contributed by atoms with E-state index < -0.39 is 5.60 Å². The van der Waals surface area contributed by atoms with Gasteiger partial charge in [-0.05, 0) is 43.6 Å². The predicted molar refractivity (Wildman–Crippen MR) is 98.5 cm³/mol. The van der Waals surface area contributed by atoms with Crippen LogP contribution in [0.15, 0.2) is 54.6 Å². The molecule has 0 saturated carbocycles. The standard InChI is InChI=1S/C22H25NO2/c1-23(2)15-19-20-18-11-7-6-10-17(18)12-13-22(20,25-21(19)24)14-16-8-4-3-5-9-16/h3-11,19-20H,12-15H2,1-2H3. The van der Waals surface area contributed by atoms with E-state index in [2.05, 4.69) is 53.4 Å². The van der Waals surface area contributed by atoms with Crippen LogP contribution < -0.4 is 0 Å². The Labute approximate surface area is 149 Å². The zero-order valence-corrected chi connectivity index (χ0v) is 14.9. The summed E-state index contributed by atoms with van der Waals surface area (Å²) in [5.74, 6) is -0.000877. The van der Waals surface area contributed by atoms with Gasteiger partial charge in [0.05, 0.1) is 5.92 Å². The summed E-state index contributed by atoms with van der Waals surface area (Å²) < 4.78 is 6.16. The van der Waals surface area contributed by atoms with E-state index in [1.165, 1.54) is 16.7 Å². The van der Waals surface area contributed by atoms with Crippen LogP contribution in [0.1, 0.15) is 29.0 Å². The lowest BCUT2D eigenvalue weighted by Gasteiger charge is -2.40. The maximum Gasteiger partial charge on any atom is 0.311 e. The highest BCUT2D eigenvalue weighted by molar-refractivity contribution is 5.78. The Bertz CT molecular complexity index is 771. The normalized spacial score (nSPS) is 27.7. The van der Waals surface area contributed by atoms with Crippen molar-refractivity contribution in [1.82, 2.24) is 4.90 Å². The number of nitrogens with zero attached hydrogens (tertiary/aromatic N) is 1. The second-order valence-corrected chi connectivity index (χ2v) is 7.69. The molecule has 2 aromatic rings. The molecule has 3 nitrogen and oxygen atoms in total. The van der Waals surface area contributed by atoms with E-state index in [0.717, 1.165) is 25.8 Å². The number of aryl methyl sites for hydroxylation is 1. The Hall–Kier alpha value is -2.13. The molecule has 3 atom stereocenters. The van der Waals surface area contributed by atoms with Gasteiger partial charge in [0.1, 0.15) is 5.60 Å². The van der Waals surface area contributed by atoms with Crippen LogP contribution >= 0.6 is 0 Å². The molecule has 3 heteroatoms. The van der Waals surface area contributed by atoms with Gasteiger partial charge >= 0.3 is 5.97 Å². The molecule has 25 heavy (non-hydrogen) atoms. The quantitative estimate of drug-likeness (QED) is 0.802. The number of carbonyl (C=O) groups excluding carboxylic acids is 1. The van der Waals surface area contributed by atoms with E-state index in [1.54, 1.807) is 0 Å². The highest BCUT2D eigenvalue weighted by Gasteiger charge is 2.57. The van der Waals surface area contributed by atoms with Gasteiger partial charge in [0, 0.05) is 18.9 Å². The van der Waals surface area contributed by atoms with E-state index in [4.69, 9.17) is 4.74 Å². The Kier molecular flexibility index (Phi) is 4.12. The van der Waals surface area contributed by atoms with Gasteiger partial charge < -0.3 is 9.64 Å². The first-order chi connectivity index (χ1) is 12.1. The summed E-state index contributed by atoms with van der Waals surface area (Å²) in [4.78, 5) is 14.9. The van der Waals surface area contributed by atoms with E-state index in [0.29, 0.717) is 0 Å². The first-order valence-electron chi connectivity index (χ1n) is 9.08. The summed E-state index contributed by atoms with van der Waals surface area (Å²) in [7, 11) is 4.05. The van der Waals surface area contributed by atoms with Crippen LogP contribution in [0.2, 0.25) is 0 Å². The minimum absolute atomic E-state index is 0.0358. The van der Waals surface area contributed by atoms with Crippen LogP contribution in [0.5, 0.6) is 0 Å². The first-order valence-corrected chi connectivity index (χ1v) is 9.08. The number of ether oxygens (including phenoxy) is 1. The van der Waals surface area contributed by atoms with Crippen molar-refractivity contribution in [3.8, 4) is 0 Å². The smallest absolute Gasteiger partial charge is 0.311 e. The summed E-state index contributed by atoms with van der Waals surface area (Å²) in [5.41, 5.74) is 3.51. The molecular formula is C22H25NO2. The van der Waals surface area contributed by atoms with Crippen molar-refractivity contribution >= 4 is 5.97 Å². The average molecular weight is 335 g/mol. The lowest BCUT2D eigenvalue weighted by Crippen LogP contribution is -2.42. The predicted octanol–water partition coefficient (Wildman–Crippen LogP) is 3.43. The third-order valence-corrected chi connectivity index (χ3v) is 5.69. The zero-order valence-electron chi connectivity index (χ0n) is 14.9. The third-order valence-electron chi connectivity index (χ3n) is 5.69. The van der Waals surface area contributed by atoms with Gasteiger partial charge in [-0.2, -0.15) is 0 Å². The molecule has 4 rings (SSSR count). The second kappa shape index (κ2) is 6.30. The minimum Gasteiger partial charge on any atom is -0.458 e. The van der Waals surface area contributed by atoms with Crippen molar-refractivity contribution < 1.29 is 9.53 Å². The number of benzene rings is 2. The highest BCUT2D eigenvalue weighted by Crippen LogP contribution is 2.52. The van der Waals surface area contributed by atoms with Crippen LogP contribution in [0.25, 0.3) is 0 Å². The number of rotatable bonds is 4. The maximum atomic E-state index is 12.8. The van der Waals surface area contributed by atoms with Crippen molar-refractivity contribution in [2.45, 2.75) is 30.8 Å². The number of hydrogen-bond donors (Lipinski definition) is 0. The molecule has 0 N–H and O–H groups in total. The van der Waals surface area contributed by atoms with Crippen LogP contribution in [-0.4, -0.2) is 37.1 Å². The Morgan fingerprint density at radius 3 is 2.56 bits per heavy atom. The second-order valence-electron chi connectivity index (χ2n) is 7.69. The van der Waals surface area contributed by atoms with Crippen LogP contribution in [0.4, 0.5) is 0 Å². The Morgan fingerprint density at radius 1 is 1.08 bits per heavy atom. The third kappa shape index (κ3) is 2.87. The lowest BCUT2D eigenvalue weighted by atomic mass is 9.66. The minimum atomic E-state index is -0.409. The van der Waals surface area contributed by atoms with Crippen LogP contribution in [0.3, 0.4) is 0 Å². The van der Waals surface area contributed by atoms with Gasteiger partial charge in [-0.1, -0.05) is 54.6 Å². The summed E-state index contributed by atoms with van der Waals surface area (Å²) in [6, 6.07) is 19.0. The van der Waals surface area contributed by atoms with Crippen molar-refractivity contribution in [3.05, 3.63) is 71.3 Å². The Morgan fingerprint density at radius 2 is 1.80 bits per heavy atom. The lowest BCUT2D eigenvalue weighted by molar-refractivity contribution is -0.151. The molecule has 2 aromatic carbocycles. The van der Waals surface area contributed by atoms with E-state index in [9.17, 15) is 4.79 Å². The van der Waals surface area contributed by atoms with Gasteiger partial charge in [-0.25, -0.2) is 0 Å². The topological polar surface area (TPSA) is 29.5 Å².